The molecule has 4 aromatic rings. The fourth-order valence-corrected chi connectivity index (χ4v) is 4.87. The maximum atomic E-state index is 13.1. The second kappa shape index (κ2) is 8.35. The third-order valence-electron chi connectivity index (χ3n) is 6.04. The second-order valence-corrected chi connectivity index (χ2v) is 8.99. The summed E-state index contributed by atoms with van der Waals surface area (Å²) in [7, 11) is 0. The Hall–Kier alpha value is -3.26. The predicted molar refractivity (Wildman–Crippen MR) is 126 cm³/mol. The molecule has 2 heterocycles. The Balaban J connectivity index is 1.32. The Bertz CT molecular complexity index is 1350. The molecular formula is C24H22BrN5O2. The van der Waals surface area contributed by atoms with Crippen molar-refractivity contribution in [3.05, 3.63) is 76.2 Å². The summed E-state index contributed by atoms with van der Waals surface area (Å²) in [5, 5.41) is 12.3. The van der Waals surface area contributed by atoms with E-state index in [0.29, 0.717) is 16.9 Å². The van der Waals surface area contributed by atoms with Crippen LogP contribution in [0.2, 0.25) is 0 Å². The van der Waals surface area contributed by atoms with Crippen LogP contribution in [0.15, 0.2) is 59.3 Å². The lowest BCUT2D eigenvalue weighted by molar-refractivity contribution is 0.0890. The molecule has 7 nitrogen and oxygen atoms in total. The predicted octanol–water partition coefficient (Wildman–Crippen LogP) is 4.03. The maximum absolute atomic E-state index is 13.1. The van der Waals surface area contributed by atoms with Gasteiger partial charge in [0.05, 0.1) is 6.20 Å². The highest BCUT2D eigenvalue weighted by atomic mass is 79.9. The van der Waals surface area contributed by atoms with E-state index in [9.17, 15) is 9.59 Å². The van der Waals surface area contributed by atoms with Crippen LogP contribution in [0, 0.1) is 6.92 Å². The van der Waals surface area contributed by atoms with Crippen LogP contribution in [0.1, 0.15) is 45.7 Å². The van der Waals surface area contributed by atoms with E-state index in [4.69, 9.17) is 0 Å². The number of aryl methyl sites for hydroxylation is 1. The van der Waals surface area contributed by atoms with Crippen LogP contribution in [-0.2, 0) is 0 Å². The first kappa shape index (κ1) is 20.6. The molecular weight excluding hydrogens is 470 g/mol. The molecule has 5 rings (SSSR count). The number of hydrogen-bond donors (Lipinski definition) is 2. The normalized spacial score (nSPS) is 18.2. The summed E-state index contributed by atoms with van der Waals surface area (Å²) in [5.74, 6) is -0.373. The van der Waals surface area contributed by atoms with Crippen molar-refractivity contribution in [2.24, 2.45) is 0 Å². The summed E-state index contributed by atoms with van der Waals surface area (Å²) in [6.45, 7) is 1.91. The van der Waals surface area contributed by atoms with Gasteiger partial charge in [0.2, 0.25) is 0 Å². The van der Waals surface area contributed by atoms with E-state index < -0.39 is 0 Å². The van der Waals surface area contributed by atoms with Gasteiger partial charge in [-0.05, 0) is 55.2 Å². The molecule has 32 heavy (non-hydrogen) atoms. The van der Waals surface area contributed by atoms with Crippen LogP contribution in [0.25, 0.3) is 16.4 Å². The molecule has 2 amide bonds. The van der Waals surface area contributed by atoms with Crippen molar-refractivity contribution < 1.29 is 9.59 Å². The van der Waals surface area contributed by atoms with E-state index in [2.05, 4.69) is 36.6 Å². The quantitative estimate of drug-likeness (QED) is 0.450. The smallest absolute Gasteiger partial charge is 0.270 e. The van der Waals surface area contributed by atoms with Gasteiger partial charge in [-0.2, -0.15) is 5.10 Å². The number of carbonyl (C=O) groups excluding carboxylic acids is 2. The molecule has 1 aliphatic rings. The number of rotatable bonds is 4. The minimum absolute atomic E-state index is 0.130. The minimum atomic E-state index is -0.242. The Labute approximate surface area is 193 Å². The van der Waals surface area contributed by atoms with Gasteiger partial charge in [-0.25, -0.2) is 9.50 Å². The molecule has 1 fully saturated rings. The fourth-order valence-electron chi connectivity index (χ4n) is 4.37. The average molecular weight is 492 g/mol. The summed E-state index contributed by atoms with van der Waals surface area (Å²) in [6, 6.07) is 12.9. The summed E-state index contributed by atoms with van der Waals surface area (Å²) in [4.78, 5) is 30.4. The maximum Gasteiger partial charge on any atom is 0.270 e. The Kier molecular flexibility index (Phi) is 5.38. The van der Waals surface area contributed by atoms with E-state index in [0.717, 1.165) is 40.1 Å². The van der Waals surface area contributed by atoms with E-state index in [1.807, 2.05) is 43.3 Å². The molecule has 2 aromatic carbocycles. The Morgan fingerprint density at radius 3 is 2.53 bits per heavy atom. The van der Waals surface area contributed by atoms with E-state index >= 15 is 0 Å². The number of amides is 2. The van der Waals surface area contributed by atoms with Crippen LogP contribution in [-0.4, -0.2) is 38.5 Å². The van der Waals surface area contributed by atoms with E-state index in [1.165, 1.54) is 0 Å². The lowest BCUT2D eigenvalue weighted by Crippen LogP contribution is -2.48. The SMILES string of the molecule is Cc1cnn2ccc(C(=O)N[C@@H]3CCC[C@H]3NC(=O)c3cccc4c(Br)cccc34)nc12. The lowest BCUT2D eigenvalue weighted by atomic mass is 10.0. The first-order chi connectivity index (χ1) is 15.5. The van der Waals surface area contributed by atoms with Crippen LogP contribution >= 0.6 is 15.9 Å². The highest BCUT2D eigenvalue weighted by molar-refractivity contribution is 9.10. The molecule has 0 unspecified atom stereocenters. The van der Waals surface area contributed by atoms with E-state index in [1.54, 1.807) is 23.0 Å². The van der Waals surface area contributed by atoms with Gasteiger partial charge >= 0.3 is 0 Å². The molecule has 0 spiro atoms. The topological polar surface area (TPSA) is 88.4 Å². The van der Waals surface area contributed by atoms with Crippen LogP contribution in [0.5, 0.6) is 0 Å². The van der Waals surface area contributed by atoms with Gasteiger partial charge in [0.1, 0.15) is 5.69 Å². The van der Waals surface area contributed by atoms with Gasteiger partial charge in [0.15, 0.2) is 5.65 Å². The molecule has 1 aliphatic carbocycles. The standard InChI is InChI=1S/C24H22BrN5O2/c1-14-13-26-30-12-11-21(27-22(14)30)24(32)29-20-10-4-9-19(20)28-23(31)17-7-2-6-16-15(17)5-3-8-18(16)25/h2-3,5-8,11-13,19-20H,4,9-10H2,1H3,(H,28,31)(H,29,32)/t19-,20-/m1/s1. The van der Waals surface area contributed by atoms with Crippen LogP contribution in [0.3, 0.4) is 0 Å². The molecule has 1 saturated carbocycles. The van der Waals surface area contributed by atoms with Gasteiger partial charge in [0, 0.05) is 33.9 Å². The number of carbonyl (C=O) groups is 2. The summed E-state index contributed by atoms with van der Waals surface area (Å²) in [6.07, 6.45) is 6.02. The van der Waals surface area contributed by atoms with Crippen molar-refractivity contribution in [2.45, 2.75) is 38.3 Å². The monoisotopic (exact) mass is 491 g/mol. The lowest BCUT2D eigenvalue weighted by Gasteiger charge is -2.22. The zero-order chi connectivity index (χ0) is 22.2. The molecule has 0 aliphatic heterocycles. The minimum Gasteiger partial charge on any atom is -0.347 e. The highest BCUT2D eigenvalue weighted by Crippen LogP contribution is 2.27. The molecule has 2 atom stereocenters. The van der Waals surface area contributed by atoms with Crippen molar-refractivity contribution in [1.82, 2.24) is 25.2 Å². The molecule has 0 saturated heterocycles. The molecule has 0 radical (unpaired) electrons. The summed E-state index contributed by atoms with van der Waals surface area (Å²) < 4.78 is 2.60. The zero-order valence-corrected chi connectivity index (χ0v) is 19.1. The first-order valence-corrected chi connectivity index (χ1v) is 11.4. The van der Waals surface area contributed by atoms with Gasteiger partial charge in [-0.1, -0.05) is 40.2 Å². The summed E-state index contributed by atoms with van der Waals surface area (Å²) in [5.41, 5.74) is 2.55. The fraction of sp³-hybridized carbons (Fsp3) is 0.250. The number of fused-ring (bicyclic) bond motifs is 2. The van der Waals surface area contributed by atoms with E-state index in [-0.39, 0.29) is 23.9 Å². The Morgan fingerprint density at radius 2 is 1.72 bits per heavy atom. The highest BCUT2D eigenvalue weighted by Gasteiger charge is 2.31. The number of benzene rings is 2. The van der Waals surface area contributed by atoms with Crippen molar-refractivity contribution in [1.29, 1.82) is 0 Å². The largest absolute Gasteiger partial charge is 0.347 e. The molecule has 8 heteroatoms. The number of nitrogens with one attached hydrogen (secondary N) is 2. The van der Waals surface area contributed by atoms with Crippen molar-refractivity contribution >= 4 is 44.2 Å². The van der Waals surface area contributed by atoms with Crippen LogP contribution < -0.4 is 10.6 Å². The molecule has 162 valence electrons. The zero-order valence-electron chi connectivity index (χ0n) is 17.5. The average Bonchev–Trinajstić information content (AvgIpc) is 3.39. The Morgan fingerprint density at radius 1 is 1.00 bits per heavy atom. The van der Waals surface area contributed by atoms with Gasteiger partial charge in [-0.3, -0.25) is 9.59 Å². The second-order valence-electron chi connectivity index (χ2n) is 8.14. The third-order valence-corrected chi connectivity index (χ3v) is 6.73. The third kappa shape index (κ3) is 3.75. The molecule has 2 N–H and O–H groups in total. The van der Waals surface area contributed by atoms with Crippen molar-refractivity contribution in [3.8, 4) is 0 Å². The van der Waals surface area contributed by atoms with Gasteiger partial charge < -0.3 is 10.6 Å². The molecule has 0 bridgehead atoms. The number of nitrogens with zero attached hydrogens (tertiary/aromatic N) is 3. The number of halogens is 1. The van der Waals surface area contributed by atoms with Gasteiger partial charge in [0.25, 0.3) is 11.8 Å². The van der Waals surface area contributed by atoms with Crippen molar-refractivity contribution in [3.63, 3.8) is 0 Å². The molecule has 2 aromatic heterocycles. The number of aromatic nitrogens is 3. The van der Waals surface area contributed by atoms with Crippen molar-refractivity contribution in [2.75, 3.05) is 0 Å². The van der Waals surface area contributed by atoms with Gasteiger partial charge in [-0.15, -0.1) is 0 Å². The summed E-state index contributed by atoms with van der Waals surface area (Å²) >= 11 is 3.55. The number of hydrogen-bond acceptors (Lipinski definition) is 4. The first-order valence-electron chi connectivity index (χ1n) is 10.6. The van der Waals surface area contributed by atoms with Crippen LogP contribution in [0.4, 0.5) is 0 Å².